The van der Waals surface area contributed by atoms with Crippen LogP contribution in [-0.4, -0.2) is 23.1 Å². The normalized spacial score (nSPS) is 16.4. The van der Waals surface area contributed by atoms with Gasteiger partial charge in [-0.2, -0.15) is 0 Å². The lowest BCUT2D eigenvalue weighted by Crippen LogP contribution is -2.20. The molecule has 76 valence electrons. The van der Waals surface area contributed by atoms with Crippen LogP contribution in [0.5, 0.6) is 0 Å². The molecule has 5 heteroatoms. The third-order valence-electron chi connectivity index (χ3n) is 2.40. The Hall–Kier alpha value is -0.540. The molecule has 3 nitrogen and oxygen atoms in total. The van der Waals surface area contributed by atoms with E-state index in [0.717, 1.165) is 18.7 Å². The molecule has 14 heavy (non-hydrogen) atoms. The molecular formula is C9H11Cl2N3. The van der Waals surface area contributed by atoms with Crippen LogP contribution in [0, 0.1) is 6.92 Å². The number of halogens is 2. The van der Waals surface area contributed by atoms with E-state index in [0.29, 0.717) is 16.3 Å². The summed E-state index contributed by atoms with van der Waals surface area (Å²) in [6.45, 7) is 3.81. The second-order valence-electron chi connectivity index (χ2n) is 3.42. The van der Waals surface area contributed by atoms with Crippen molar-refractivity contribution in [2.45, 2.75) is 19.8 Å². The summed E-state index contributed by atoms with van der Waals surface area (Å²) in [4.78, 5) is 10.5. The maximum absolute atomic E-state index is 5.94. The minimum absolute atomic E-state index is 0.451. The molecular weight excluding hydrogens is 221 g/mol. The number of rotatable bonds is 1. The molecule has 0 spiro atoms. The predicted octanol–water partition coefficient (Wildman–Crippen LogP) is 2.69. The zero-order valence-corrected chi connectivity index (χ0v) is 9.44. The topological polar surface area (TPSA) is 29.0 Å². The van der Waals surface area contributed by atoms with E-state index in [9.17, 15) is 0 Å². The van der Waals surface area contributed by atoms with Crippen molar-refractivity contribution < 1.29 is 0 Å². The van der Waals surface area contributed by atoms with Gasteiger partial charge < -0.3 is 4.90 Å². The van der Waals surface area contributed by atoms with Crippen molar-refractivity contribution in [1.29, 1.82) is 0 Å². The van der Waals surface area contributed by atoms with Gasteiger partial charge in [-0.05, 0) is 19.8 Å². The van der Waals surface area contributed by atoms with Gasteiger partial charge in [0.1, 0.15) is 10.3 Å². The van der Waals surface area contributed by atoms with Crippen LogP contribution < -0.4 is 4.90 Å². The summed E-state index contributed by atoms with van der Waals surface area (Å²) >= 11 is 11.9. The Morgan fingerprint density at radius 3 is 2.07 bits per heavy atom. The number of hydrogen-bond donors (Lipinski definition) is 0. The van der Waals surface area contributed by atoms with Gasteiger partial charge in [-0.1, -0.05) is 23.2 Å². The smallest absolute Gasteiger partial charge is 0.228 e. The van der Waals surface area contributed by atoms with E-state index in [1.807, 2.05) is 6.92 Å². The first-order valence-corrected chi connectivity index (χ1v) is 5.38. The van der Waals surface area contributed by atoms with Gasteiger partial charge in [0, 0.05) is 18.7 Å². The Labute approximate surface area is 93.1 Å². The van der Waals surface area contributed by atoms with Crippen LogP contribution in [0.25, 0.3) is 0 Å². The molecule has 0 radical (unpaired) electrons. The molecule has 0 atom stereocenters. The van der Waals surface area contributed by atoms with Crippen LogP contribution >= 0.6 is 23.2 Å². The van der Waals surface area contributed by atoms with Crippen molar-refractivity contribution in [3.8, 4) is 0 Å². The standard InChI is InChI=1S/C9H11Cl2N3/c1-6-7(10)12-9(13-8(6)11)14-4-2-3-5-14/h2-5H2,1H3. The summed E-state index contributed by atoms with van der Waals surface area (Å²) in [5.41, 5.74) is 0.747. The number of nitrogens with zero attached hydrogens (tertiary/aromatic N) is 3. The van der Waals surface area contributed by atoms with E-state index < -0.39 is 0 Å². The molecule has 1 aliphatic heterocycles. The summed E-state index contributed by atoms with van der Waals surface area (Å²) < 4.78 is 0. The SMILES string of the molecule is Cc1c(Cl)nc(N2CCCC2)nc1Cl. The fourth-order valence-corrected chi connectivity index (χ4v) is 1.89. The summed E-state index contributed by atoms with van der Waals surface area (Å²) in [6, 6.07) is 0. The Kier molecular flexibility index (Phi) is 2.79. The molecule has 2 heterocycles. The quantitative estimate of drug-likeness (QED) is 0.697. The molecule has 0 N–H and O–H groups in total. The Bertz CT molecular complexity index is 325. The van der Waals surface area contributed by atoms with Gasteiger partial charge in [0.15, 0.2) is 0 Å². The molecule has 0 bridgehead atoms. The average molecular weight is 232 g/mol. The highest BCUT2D eigenvalue weighted by molar-refractivity contribution is 6.34. The lowest BCUT2D eigenvalue weighted by atomic mass is 10.4. The lowest BCUT2D eigenvalue weighted by Gasteiger charge is -2.15. The molecule has 1 saturated heterocycles. The highest BCUT2D eigenvalue weighted by atomic mass is 35.5. The number of aromatic nitrogens is 2. The largest absolute Gasteiger partial charge is 0.341 e. The third-order valence-corrected chi connectivity index (χ3v) is 3.14. The number of anilines is 1. The van der Waals surface area contributed by atoms with Gasteiger partial charge in [0.25, 0.3) is 0 Å². The van der Waals surface area contributed by atoms with E-state index in [-0.39, 0.29) is 0 Å². The highest BCUT2D eigenvalue weighted by Crippen LogP contribution is 2.24. The molecule has 1 aromatic rings. The van der Waals surface area contributed by atoms with E-state index >= 15 is 0 Å². The van der Waals surface area contributed by atoms with Crippen molar-refractivity contribution >= 4 is 29.2 Å². The van der Waals surface area contributed by atoms with Gasteiger partial charge in [-0.25, -0.2) is 9.97 Å². The van der Waals surface area contributed by atoms with Gasteiger partial charge in [0.05, 0.1) is 0 Å². The van der Waals surface area contributed by atoms with Crippen LogP contribution in [0.15, 0.2) is 0 Å². The Morgan fingerprint density at radius 2 is 1.57 bits per heavy atom. The van der Waals surface area contributed by atoms with Crippen LogP contribution in [0.4, 0.5) is 5.95 Å². The monoisotopic (exact) mass is 231 g/mol. The minimum atomic E-state index is 0.451. The summed E-state index contributed by atoms with van der Waals surface area (Å²) in [7, 11) is 0. The van der Waals surface area contributed by atoms with Crippen LogP contribution in [0.1, 0.15) is 18.4 Å². The molecule has 1 fully saturated rings. The zero-order chi connectivity index (χ0) is 10.1. The minimum Gasteiger partial charge on any atom is -0.341 e. The van der Waals surface area contributed by atoms with Crippen molar-refractivity contribution in [2.75, 3.05) is 18.0 Å². The molecule has 0 unspecified atom stereocenters. The second-order valence-corrected chi connectivity index (χ2v) is 4.14. The van der Waals surface area contributed by atoms with Crippen LogP contribution in [0.3, 0.4) is 0 Å². The lowest BCUT2D eigenvalue weighted by molar-refractivity contribution is 0.894. The van der Waals surface area contributed by atoms with E-state index in [4.69, 9.17) is 23.2 Å². The van der Waals surface area contributed by atoms with Crippen molar-refractivity contribution in [3.05, 3.63) is 15.9 Å². The van der Waals surface area contributed by atoms with Gasteiger partial charge >= 0.3 is 0 Å². The van der Waals surface area contributed by atoms with Gasteiger partial charge in [-0.15, -0.1) is 0 Å². The molecule has 0 aliphatic carbocycles. The summed E-state index contributed by atoms with van der Waals surface area (Å²) in [6.07, 6.45) is 2.37. The predicted molar refractivity (Wildman–Crippen MR) is 58.2 cm³/mol. The van der Waals surface area contributed by atoms with Crippen LogP contribution in [0.2, 0.25) is 10.3 Å². The summed E-state index contributed by atoms with van der Waals surface area (Å²) in [5.74, 6) is 0.656. The summed E-state index contributed by atoms with van der Waals surface area (Å²) in [5, 5.41) is 0.902. The fourth-order valence-electron chi connectivity index (χ4n) is 1.51. The zero-order valence-electron chi connectivity index (χ0n) is 7.93. The van der Waals surface area contributed by atoms with Crippen molar-refractivity contribution in [3.63, 3.8) is 0 Å². The maximum Gasteiger partial charge on any atom is 0.228 e. The molecule has 0 amide bonds. The fraction of sp³-hybridized carbons (Fsp3) is 0.556. The molecule has 1 aliphatic rings. The van der Waals surface area contributed by atoms with Crippen molar-refractivity contribution in [1.82, 2.24) is 9.97 Å². The van der Waals surface area contributed by atoms with E-state index in [1.54, 1.807) is 0 Å². The average Bonchev–Trinajstić information content (AvgIpc) is 2.66. The second kappa shape index (κ2) is 3.91. The first kappa shape index (κ1) is 9.99. The molecule has 1 aromatic heterocycles. The Balaban J connectivity index is 2.34. The molecule has 0 aromatic carbocycles. The molecule has 0 saturated carbocycles. The molecule has 2 rings (SSSR count). The third kappa shape index (κ3) is 1.79. The maximum atomic E-state index is 5.94. The van der Waals surface area contributed by atoms with Crippen molar-refractivity contribution in [2.24, 2.45) is 0 Å². The first-order chi connectivity index (χ1) is 6.68. The van der Waals surface area contributed by atoms with Gasteiger partial charge in [0.2, 0.25) is 5.95 Å². The highest BCUT2D eigenvalue weighted by Gasteiger charge is 2.17. The first-order valence-electron chi connectivity index (χ1n) is 4.63. The van der Waals surface area contributed by atoms with Gasteiger partial charge in [-0.3, -0.25) is 0 Å². The van der Waals surface area contributed by atoms with Crippen LogP contribution in [-0.2, 0) is 0 Å². The Morgan fingerprint density at radius 1 is 1.07 bits per heavy atom. The van der Waals surface area contributed by atoms with E-state index in [1.165, 1.54) is 12.8 Å². The number of hydrogen-bond acceptors (Lipinski definition) is 3. The van der Waals surface area contributed by atoms with E-state index in [2.05, 4.69) is 14.9 Å².